The lowest BCUT2D eigenvalue weighted by molar-refractivity contribution is 0.202. The number of aromatic nitrogens is 1. The zero-order valence-corrected chi connectivity index (χ0v) is 10.2. The first-order valence-electron chi connectivity index (χ1n) is 5.89. The van der Waals surface area contributed by atoms with E-state index in [4.69, 9.17) is 4.74 Å². The van der Waals surface area contributed by atoms with E-state index in [1.807, 2.05) is 25.1 Å². The predicted molar refractivity (Wildman–Crippen MR) is 69.5 cm³/mol. The van der Waals surface area contributed by atoms with Gasteiger partial charge in [0.2, 0.25) is 0 Å². The fourth-order valence-corrected chi connectivity index (χ4v) is 2.00. The van der Waals surface area contributed by atoms with Gasteiger partial charge in [0.05, 0.1) is 12.1 Å². The molecule has 2 rings (SSSR count). The fourth-order valence-electron chi connectivity index (χ4n) is 2.00. The zero-order valence-electron chi connectivity index (χ0n) is 10.2. The molecule has 1 N–H and O–H groups in total. The van der Waals surface area contributed by atoms with Gasteiger partial charge in [-0.1, -0.05) is 19.1 Å². The van der Waals surface area contributed by atoms with Crippen LogP contribution >= 0.6 is 0 Å². The van der Waals surface area contributed by atoms with Crippen molar-refractivity contribution in [3.8, 4) is 0 Å². The summed E-state index contributed by atoms with van der Waals surface area (Å²) < 4.78 is 5.09. The summed E-state index contributed by atoms with van der Waals surface area (Å²) in [6, 6.07) is 7.51. The number of aromatic amines is 1. The molecule has 1 aromatic heterocycles. The van der Waals surface area contributed by atoms with Crippen molar-refractivity contribution in [2.75, 3.05) is 13.7 Å². The minimum Gasteiger partial charge on any atom is -0.384 e. The minimum absolute atomic E-state index is 0.0925. The van der Waals surface area contributed by atoms with Crippen LogP contribution < -0.4 is 5.43 Å². The normalized spacial score (nSPS) is 10.9. The van der Waals surface area contributed by atoms with Crippen molar-refractivity contribution in [3.63, 3.8) is 0 Å². The predicted octanol–water partition coefficient (Wildman–Crippen LogP) is 2.28. The van der Waals surface area contributed by atoms with Crippen molar-refractivity contribution in [3.05, 3.63) is 45.7 Å². The molecular weight excluding hydrogens is 214 g/mol. The largest absolute Gasteiger partial charge is 0.384 e. The third kappa shape index (κ3) is 2.39. The van der Waals surface area contributed by atoms with Gasteiger partial charge in [0.25, 0.3) is 0 Å². The van der Waals surface area contributed by atoms with E-state index in [1.165, 1.54) is 0 Å². The molecule has 0 unspecified atom stereocenters. The standard InChI is InChI=1S/C14H17NO2/c1-3-11-9-13(16)12-6-4-5-10(7-8-17-2)14(12)15-11/h4-6,9H,3,7-8H2,1-2H3,(H,15,16). The Morgan fingerprint density at radius 2 is 2.18 bits per heavy atom. The molecule has 2 aromatic rings. The van der Waals surface area contributed by atoms with Crippen LogP contribution in [-0.4, -0.2) is 18.7 Å². The fraction of sp³-hybridized carbons (Fsp3) is 0.357. The molecule has 0 fully saturated rings. The molecule has 1 aromatic carbocycles. The molecule has 0 spiro atoms. The topological polar surface area (TPSA) is 42.1 Å². The number of rotatable bonds is 4. The summed E-state index contributed by atoms with van der Waals surface area (Å²) in [4.78, 5) is 15.3. The molecule has 0 amide bonds. The lowest BCUT2D eigenvalue weighted by Gasteiger charge is -2.07. The first-order chi connectivity index (χ1) is 8.26. The number of fused-ring (bicyclic) bond motifs is 1. The summed E-state index contributed by atoms with van der Waals surface area (Å²) in [5, 5.41) is 0.760. The zero-order chi connectivity index (χ0) is 12.3. The van der Waals surface area contributed by atoms with E-state index >= 15 is 0 Å². The van der Waals surface area contributed by atoms with E-state index < -0.39 is 0 Å². The third-order valence-electron chi connectivity index (χ3n) is 2.96. The Bertz CT molecular complexity index is 572. The second kappa shape index (κ2) is 5.15. The molecule has 0 aliphatic carbocycles. The van der Waals surface area contributed by atoms with Crippen molar-refractivity contribution in [1.82, 2.24) is 4.98 Å². The lowest BCUT2D eigenvalue weighted by atomic mass is 10.1. The van der Waals surface area contributed by atoms with Gasteiger partial charge in [-0.15, -0.1) is 0 Å². The number of pyridine rings is 1. The molecule has 0 aliphatic heterocycles. The van der Waals surface area contributed by atoms with Gasteiger partial charge in [0.1, 0.15) is 0 Å². The second-order valence-electron chi connectivity index (χ2n) is 4.09. The molecule has 0 radical (unpaired) electrons. The summed E-state index contributed by atoms with van der Waals surface area (Å²) in [5.74, 6) is 0. The summed E-state index contributed by atoms with van der Waals surface area (Å²) >= 11 is 0. The molecule has 3 heteroatoms. The highest BCUT2D eigenvalue weighted by Gasteiger charge is 2.05. The smallest absolute Gasteiger partial charge is 0.189 e. The maximum atomic E-state index is 11.9. The van der Waals surface area contributed by atoms with E-state index in [0.717, 1.165) is 35.0 Å². The third-order valence-corrected chi connectivity index (χ3v) is 2.96. The first kappa shape index (κ1) is 11.9. The number of H-pyrrole nitrogens is 1. The maximum absolute atomic E-state index is 11.9. The number of ether oxygens (including phenoxy) is 1. The highest BCUT2D eigenvalue weighted by molar-refractivity contribution is 5.81. The summed E-state index contributed by atoms with van der Waals surface area (Å²) in [5.41, 5.74) is 3.16. The second-order valence-corrected chi connectivity index (χ2v) is 4.09. The van der Waals surface area contributed by atoms with Crippen LogP contribution in [0.25, 0.3) is 10.9 Å². The summed E-state index contributed by atoms with van der Waals surface area (Å²) in [6.07, 6.45) is 1.65. The molecule has 17 heavy (non-hydrogen) atoms. The van der Waals surface area contributed by atoms with E-state index in [-0.39, 0.29) is 5.43 Å². The minimum atomic E-state index is 0.0925. The average Bonchev–Trinajstić information content (AvgIpc) is 2.36. The van der Waals surface area contributed by atoms with Crippen LogP contribution in [0.4, 0.5) is 0 Å². The van der Waals surface area contributed by atoms with Gasteiger partial charge in [-0.05, 0) is 24.5 Å². The number of hydrogen-bond donors (Lipinski definition) is 1. The van der Waals surface area contributed by atoms with E-state index in [9.17, 15) is 4.79 Å². The Balaban J connectivity index is 2.60. The van der Waals surface area contributed by atoms with Crippen molar-refractivity contribution in [2.24, 2.45) is 0 Å². The van der Waals surface area contributed by atoms with Crippen LogP contribution in [0, 0.1) is 0 Å². The average molecular weight is 231 g/mol. The monoisotopic (exact) mass is 231 g/mol. The molecule has 0 saturated carbocycles. The van der Waals surface area contributed by atoms with Gasteiger partial charge >= 0.3 is 0 Å². The number of hydrogen-bond acceptors (Lipinski definition) is 2. The van der Waals surface area contributed by atoms with Crippen LogP contribution in [-0.2, 0) is 17.6 Å². The number of para-hydroxylation sites is 1. The number of nitrogens with one attached hydrogen (secondary N) is 1. The Morgan fingerprint density at radius 3 is 2.88 bits per heavy atom. The maximum Gasteiger partial charge on any atom is 0.189 e. The summed E-state index contributed by atoms with van der Waals surface area (Å²) in [6.45, 7) is 2.70. The van der Waals surface area contributed by atoms with Gasteiger partial charge < -0.3 is 9.72 Å². The first-order valence-corrected chi connectivity index (χ1v) is 5.89. The van der Waals surface area contributed by atoms with Crippen LogP contribution in [0.2, 0.25) is 0 Å². The van der Waals surface area contributed by atoms with Crippen LogP contribution in [0.5, 0.6) is 0 Å². The van der Waals surface area contributed by atoms with Crippen LogP contribution in [0.3, 0.4) is 0 Å². The molecule has 0 atom stereocenters. The van der Waals surface area contributed by atoms with Gasteiger partial charge in [-0.25, -0.2) is 0 Å². The van der Waals surface area contributed by atoms with E-state index in [2.05, 4.69) is 4.98 Å². The highest BCUT2D eigenvalue weighted by atomic mass is 16.5. The molecule has 0 saturated heterocycles. The van der Waals surface area contributed by atoms with Crippen molar-refractivity contribution < 1.29 is 4.74 Å². The summed E-state index contributed by atoms with van der Waals surface area (Å²) in [7, 11) is 1.69. The molecule has 0 aliphatic rings. The number of methoxy groups -OCH3 is 1. The van der Waals surface area contributed by atoms with Crippen LogP contribution in [0.15, 0.2) is 29.1 Å². The van der Waals surface area contributed by atoms with Gasteiger partial charge in [0.15, 0.2) is 5.43 Å². The molecule has 1 heterocycles. The van der Waals surface area contributed by atoms with Crippen molar-refractivity contribution >= 4 is 10.9 Å². The Labute approximate surface area is 100 Å². The van der Waals surface area contributed by atoms with Crippen LogP contribution in [0.1, 0.15) is 18.2 Å². The SMILES string of the molecule is CCc1cc(=O)c2cccc(CCOC)c2[nH]1. The molecule has 90 valence electrons. The quantitative estimate of drug-likeness (QED) is 0.877. The highest BCUT2D eigenvalue weighted by Crippen LogP contribution is 2.15. The Kier molecular flexibility index (Phi) is 3.59. The van der Waals surface area contributed by atoms with Gasteiger partial charge in [-0.3, -0.25) is 4.79 Å². The van der Waals surface area contributed by atoms with Crippen molar-refractivity contribution in [2.45, 2.75) is 19.8 Å². The Morgan fingerprint density at radius 1 is 1.35 bits per heavy atom. The molecular formula is C14H17NO2. The Hall–Kier alpha value is -1.61. The van der Waals surface area contributed by atoms with E-state index in [0.29, 0.717) is 6.61 Å². The molecule has 0 bridgehead atoms. The number of benzene rings is 1. The number of aryl methyl sites for hydroxylation is 1. The lowest BCUT2D eigenvalue weighted by Crippen LogP contribution is -2.07. The molecule has 3 nitrogen and oxygen atoms in total. The van der Waals surface area contributed by atoms with E-state index in [1.54, 1.807) is 13.2 Å². The van der Waals surface area contributed by atoms with Gasteiger partial charge in [0, 0.05) is 24.3 Å². The van der Waals surface area contributed by atoms with Gasteiger partial charge in [-0.2, -0.15) is 0 Å². The van der Waals surface area contributed by atoms with Crippen molar-refractivity contribution in [1.29, 1.82) is 0 Å².